The quantitative estimate of drug-likeness (QED) is 0.304. The molecule has 1 rings (SSSR count). The maximum absolute atomic E-state index is 12.1. The zero-order valence-electron chi connectivity index (χ0n) is 18.6. The van der Waals surface area contributed by atoms with Crippen LogP contribution in [-0.2, 0) is 9.63 Å². The SMILES string of the molecule is CON(C)C(=O)CC=C=C(c1ccc(C)cc1)[Si](C(C)C)(C(C)C)C(C)C. The van der Waals surface area contributed by atoms with Gasteiger partial charge >= 0.3 is 0 Å². The lowest BCUT2D eigenvalue weighted by atomic mass is 10.1. The number of hydroxylamine groups is 2. The van der Waals surface area contributed by atoms with Gasteiger partial charge < -0.3 is 0 Å². The molecule has 1 amide bonds. The van der Waals surface area contributed by atoms with E-state index in [0.717, 1.165) is 0 Å². The number of benzene rings is 1. The Morgan fingerprint density at radius 2 is 1.56 bits per heavy atom. The lowest BCUT2D eigenvalue weighted by Gasteiger charge is -2.44. The minimum absolute atomic E-state index is 0.0702. The smallest absolute Gasteiger partial charge is 0.250 e. The average Bonchev–Trinajstić information content (AvgIpc) is 2.59. The monoisotopic (exact) mass is 387 g/mol. The van der Waals surface area contributed by atoms with E-state index in [0.29, 0.717) is 23.0 Å². The van der Waals surface area contributed by atoms with Crippen LogP contribution < -0.4 is 0 Å². The van der Waals surface area contributed by atoms with E-state index in [1.807, 2.05) is 6.08 Å². The summed E-state index contributed by atoms with van der Waals surface area (Å²) >= 11 is 0. The summed E-state index contributed by atoms with van der Waals surface area (Å²) in [4.78, 5) is 17.1. The first kappa shape index (κ1) is 23.4. The minimum atomic E-state index is -1.90. The standard InChI is InChI=1S/C23H37NO2Si/c1-17(2)27(18(3)4,19(5)6)22(21-15-13-20(7)14-16-21)11-10-12-23(25)24(8)26-9/h10,13-19H,12H2,1-9H3. The maximum Gasteiger partial charge on any atom is 0.250 e. The summed E-state index contributed by atoms with van der Waals surface area (Å²) in [5, 5.41) is 2.59. The molecule has 1 aromatic rings. The van der Waals surface area contributed by atoms with Crippen LogP contribution in [0.2, 0.25) is 16.6 Å². The molecule has 0 N–H and O–H groups in total. The van der Waals surface area contributed by atoms with Gasteiger partial charge in [-0.1, -0.05) is 71.4 Å². The van der Waals surface area contributed by atoms with E-state index >= 15 is 0 Å². The van der Waals surface area contributed by atoms with Gasteiger partial charge in [0.2, 0.25) is 5.91 Å². The fourth-order valence-electron chi connectivity index (χ4n) is 4.52. The molecule has 0 aliphatic rings. The van der Waals surface area contributed by atoms with Gasteiger partial charge in [-0.25, -0.2) is 5.06 Å². The van der Waals surface area contributed by atoms with E-state index in [1.165, 1.54) is 28.5 Å². The molecule has 0 bridgehead atoms. The Labute approximate surface area is 167 Å². The van der Waals surface area contributed by atoms with Gasteiger partial charge in [0.25, 0.3) is 0 Å². The Balaban J connectivity index is 3.60. The van der Waals surface area contributed by atoms with E-state index in [9.17, 15) is 4.79 Å². The third kappa shape index (κ3) is 5.22. The Kier molecular flexibility index (Phi) is 8.74. The van der Waals surface area contributed by atoms with Crippen LogP contribution in [0, 0.1) is 6.92 Å². The van der Waals surface area contributed by atoms with Gasteiger partial charge in [-0.15, -0.1) is 5.73 Å². The highest BCUT2D eigenvalue weighted by atomic mass is 28.3. The van der Waals surface area contributed by atoms with E-state index in [4.69, 9.17) is 4.84 Å². The van der Waals surface area contributed by atoms with E-state index in [2.05, 4.69) is 78.5 Å². The Morgan fingerprint density at radius 1 is 1.07 bits per heavy atom. The largest absolute Gasteiger partial charge is 0.275 e. The normalized spacial score (nSPS) is 11.7. The number of carbonyl (C=O) groups is 1. The van der Waals surface area contributed by atoms with Crippen LogP contribution in [0.25, 0.3) is 5.20 Å². The molecule has 4 heteroatoms. The van der Waals surface area contributed by atoms with Crippen LogP contribution >= 0.6 is 0 Å². The molecule has 0 fully saturated rings. The molecule has 0 aromatic heterocycles. The molecule has 3 nitrogen and oxygen atoms in total. The van der Waals surface area contributed by atoms with Crippen molar-refractivity contribution in [1.29, 1.82) is 0 Å². The molecule has 0 unspecified atom stereocenters. The van der Waals surface area contributed by atoms with Gasteiger partial charge in [0.05, 0.1) is 13.5 Å². The second kappa shape index (κ2) is 10.1. The topological polar surface area (TPSA) is 29.5 Å². The fourth-order valence-corrected chi connectivity index (χ4v) is 11.3. The second-order valence-corrected chi connectivity index (χ2v) is 14.1. The lowest BCUT2D eigenvalue weighted by Crippen LogP contribution is -2.45. The van der Waals surface area contributed by atoms with Gasteiger partial charge in [0, 0.05) is 7.05 Å². The number of hydrogen-bond acceptors (Lipinski definition) is 2. The number of amides is 1. The number of nitrogens with zero attached hydrogens (tertiary/aromatic N) is 1. The molecule has 27 heavy (non-hydrogen) atoms. The van der Waals surface area contributed by atoms with Crippen molar-refractivity contribution in [1.82, 2.24) is 5.06 Å². The first-order valence-electron chi connectivity index (χ1n) is 9.92. The van der Waals surface area contributed by atoms with Crippen molar-refractivity contribution >= 4 is 19.2 Å². The van der Waals surface area contributed by atoms with Crippen LogP contribution in [0.4, 0.5) is 0 Å². The highest BCUT2D eigenvalue weighted by Crippen LogP contribution is 2.49. The Hall–Kier alpha value is -1.61. The summed E-state index contributed by atoms with van der Waals surface area (Å²) in [5.74, 6) is -0.0702. The van der Waals surface area contributed by atoms with Crippen LogP contribution in [0.5, 0.6) is 0 Å². The molecule has 0 saturated heterocycles. The van der Waals surface area contributed by atoms with Crippen molar-refractivity contribution in [2.24, 2.45) is 0 Å². The number of rotatable bonds is 8. The van der Waals surface area contributed by atoms with Crippen LogP contribution in [0.3, 0.4) is 0 Å². The summed E-state index contributed by atoms with van der Waals surface area (Å²) in [6.07, 6.45) is 2.18. The fraction of sp³-hybridized carbons (Fsp3) is 0.565. The first-order valence-corrected chi connectivity index (χ1v) is 12.1. The first-order chi connectivity index (χ1) is 12.6. The van der Waals surface area contributed by atoms with Crippen LogP contribution in [0.1, 0.15) is 59.1 Å². The van der Waals surface area contributed by atoms with Gasteiger partial charge in [0.1, 0.15) is 8.07 Å². The molecule has 0 atom stereocenters. The number of carbonyl (C=O) groups excluding carboxylic acids is 1. The van der Waals surface area contributed by atoms with Crippen molar-refractivity contribution in [3.63, 3.8) is 0 Å². The van der Waals surface area contributed by atoms with E-state index < -0.39 is 8.07 Å². The van der Waals surface area contributed by atoms with Gasteiger partial charge in [0.15, 0.2) is 0 Å². The summed E-state index contributed by atoms with van der Waals surface area (Å²) in [6.45, 7) is 16.2. The predicted molar refractivity (Wildman–Crippen MR) is 118 cm³/mol. The molecule has 150 valence electrons. The van der Waals surface area contributed by atoms with Crippen molar-refractivity contribution in [3.8, 4) is 0 Å². The van der Waals surface area contributed by atoms with Crippen molar-refractivity contribution in [2.75, 3.05) is 14.2 Å². The van der Waals surface area contributed by atoms with E-state index in [1.54, 1.807) is 7.05 Å². The molecule has 0 aliphatic carbocycles. The Morgan fingerprint density at radius 3 is 1.96 bits per heavy atom. The number of aryl methyl sites for hydroxylation is 1. The summed E-state index contributed by atoms with van der Waals surface area (Å²) in [6, 6.07) is 8.76. The molecular weight excluding hydrogens is 350 g/mol. The summed E-state index contributed by atoms with van der Waals surface area (Å²) in [7, 11) is 1.23. The number of hydrogen-bond donors (Lipinski definition) is 0. The zero-order chi connectivity index (χ0) is 20.8. The molecule has 0 aliphatic heterocycles. The van der Waals surface area contributed by atoms with Gasteiger partial charge in [-0.3, -0.25) is 9.63 Å². The van der Waals surface area contributed by atoms with Crippen molar-refractivity contribution in [2.45, 2.75) is 71.5 Å². The summed E-state index contributed by atoms with van der Waals surface area (Å²) in [5.41, 5.74) is 7.83. The van der Waals surface area contributed by atoms with Crippen LogP contribution in [-0.4, -0.2) is 33.2 Å². The molecule has 1 aromatic carbocycles. The third-order valence-corrected chi connectivity index (χ3v) is 12.8. The highest BCUT2D eigenvalue weighted by molar-refractivity contribution is 6.99. The second-order valence-electron chi connectivity index (χ2n) is 8.26. The maximum atomic E-state index is 12.1. The van der Waals surface area contributed by atoms with Gasteiger partial charge in [-0.05, 0) is 40.4 Å². The van der Waals surface area contributed by atoms with E-state index in [-0.39, 0.29) is 5.91 Å². The molecule has 0 saturated carbocycles. The molecule has 0 heterocycles. The summed E-state index contributed by atoms with van der Waals surface area (Å²) < 4.78 is 0. The molecule has 0 radical (unpaired) electrons. The Bertz CT molecular complexity index is 661. The average molecular weight is 388 g/mol. The molecular formula is C23H37NO2Si. The van der Waals surface area contributed by atoms with Crippen LogP contribution in [0.15, 0.2) is 36.1 Å². The minimum Gasteiger partial charge on any atom is -0.275 e. The highest BCUT2D eigenvalue weighted by Gasteiger charge is 2.46. The molecule has 0 spiro atoms. The zero-order valence-corrected chi connectivity index (χ0v) is 19.6. The van der Waals surface area contributed by atoms with Crippen molar-refractivity contribution < 1.29 is 9.63 Å². The lowest BCUT2D eigenvalue weighted by molar-refractivity contribution is -0.167. The van der Waals surface area contributed by atoms with Gasteiger partial charge in [-0.2, -0.15) is 0 Å². The third-order valence-electron chi connectivity index (χ3n) is 5.79. The van der Waals surface area contributed by atoms with Crippen molar-refractivity contribution in [3.05, 3.63) is 47.2 Å². The predicted octanol–water partition coefficient (Wildman–Crippen LogP) is 6.16.